The van der Waals surface area contributed by atoms with Gasteiger partial charge in [0.15, 0.2) is 0 Å². The highest BCUT2D eigenvalue weighted by Crippen LogP contribution is 2.42. The summed E-state index contributed by atoms with van der Waals surface area (Å²) in [5.74, 6) is 0.631. The van der Waals surface area contributed by atoms with Crippen molar-refractivity contribution >= 4 is 11.6 Å². The molecule has 0 atom stereocenters. The van der Waals surface area contributed by atoms with E-state index < -0.39 is 24.0 Å². The lowest BCUT2D eigenvalue weighted by Crippen LogP contribution is -2.41. The highest BCUT2D eigenvalue weighted by molar-refractivity contribution is 6.07. The maximum atomic E-state index is 12.4. The summed E-state index contributed by atoms with van der Waals surface area (Å²) in [7, 11) is 0. The SMILES string of the molecule is CC1(C)C(=O)N(CC(F)(F)F)c2ccccc21.CCC1CC1. The molecule has 2 nitrogen and oxygen atoms in total. The second-order valence-corrected chi connectivity index (χ2v) is 6.50. The van der Waals surface area contributed by atoms with Gasteiger partial charge in [0.25, 0.3) is 0 Å². The molecule has 5 heteroatoms. The number of halogens is 3. The van der Waals surface area contributed by atoms with Crippen LogP contribution >= 0.6 is 0 Å². The molecule has 2 aliphatic rings. The average molecular weight is 313 g/mol. The van der Waals surface area contributed by atoms with Crippen LogP contribution in [0.4, 0.5) is 18.9 Å². The van der Waals surface area contributed by atoms with Crippen molar-refractivity contribution in [1.82, 2.24) is 0 Å². The van der Waals surface area contributed by atoms with Crippen molar-refractivity contribution in [3.8, 4) is 0 Å². The Morgan fingerprint density at radius 2 is 1.82 bits per heavy atom. The molecular weight excluding hydrogens is 291 g/mol. The van der Waals surface area contributed by atoms with Gasteiger partial charge in [-0.2, -0.15) is 13.2 Å². The Morgan fingerprint density at radius 1 is 1.23 bits per heavy atom. The molecule has 1 saturated carbocycles. The third-order valence-electron chi connectivity index (χ3n) is 4.26. The van der Waals surface area contributed by atoms with E-state index in [-0.39, 0.29) is 0 Å². The molecule has 0 aromatic heterocycles. The van der Waals surface area contributed by atoms with Crippen LogP contribution in [0.2, 0.25) is 0 Å². The van der Waals surface area contributed by atoms with Crippen molar-refractivity contribution in [2.75, 3.05) is 11.4 Å². The van der Waals surface area contributed by atoms with Crippen LogP contribution in [0.3, 0.4) is 0 Å². The second-order valence-electron chi connectivity index (χ2n) is 6.50. The molecule has 0 saturated heterocycles. The number of rotatable bonds is 2. The lowest BCUT2D eigenvalue weighted by atomic mass is 9.86. The first-order valence-electron chi connectivity index (χ1n) is 7.65. The number of nitrogens with zero attached hydrogens (tertiary/aromatic N) is 1. The fourth-order valence-corrected chi connectivity index (χ4v) is 2.66. The number of hydrogen-bond acceptors (Lipinski definition) is 1. The van der Waals surface area contributed by atoms with E-state index in [9.17, 15) is 18.0 Å². The van der Waals surface area contributed by atoms with Crippen molar-refractivity contribution in [1.29, 1.82) is 0 Å². The van der Waals surface area contributed by atoms with Gasteiger partial charge < -0.3 is 4.90 Å². The summed E-state index contributed by atoms with van der Waals surface area (Å²) in [6, 6.07) is 6.61. The highest BCUT2D eigenvalue weighted by atomic mass is 19.4. The van der Waals surface area contributed by atoms with Crippen molar-refractivity contribution in [3.63, 3.8) is 0 Å². The van der Waals surface area contributed by atoms with E-state index in [0.717, 1.165) is 10.8 Å². The van der Waals surface area contributed by atoms with E-state index in [2.05, 4.69) is 6.92 Å². The van der Waals surface area contributed by atoms with Gasteiger partial charge in [-0.15, -0.1) is 0 Å². The van der Waals surface area contributed by atoms with Gasteiger partial charge in [-0.25, -0.2) is 0 Å². The molecular formula is C17H22F3NO. The van der Waals surface area contributed by atoms with Crippen LogP contribution in [0.15, 0.2) is 24.3 Å². The summed E-state index contributed by atoms with van der Waals surface area (Å²) >= 11 is 0. The summed E-state index contributed by atoms with van der Waals surface area (Å²) in [6.45, 7) is 4.32. The lowest BCUT2D eigenvalue weighted by Gasteiger charge is -2.21. The molecule has 1 aromatic rings. The number of alkyl halides is 3. The van der Waals surface area contributed by atoms with Gasteiger partial charge in [-0.3, -0.25) is 4.79 Å². The molecule has 1 heterocycles. The van der Waals surface area contributed by atoms with Crippen molar-refractivity contribution < 1.29 is 18.0 Å². The third kappa shape index (κ3) is 3.62. The van der Waals surface area contributed by atoms with E-state index in [1.165, 1.54) is 19.3 Å². The molecule has 0 bridgehead atoms. The van der Waals surface area contributed by atoms with E-state index >= 15 is 0 Å². The van der Waals surface area contributed by atoms with Crippen molar-refractivity contribution in [2.45, 2.75) is 51.6 Å². The van der Waals surface area contributed by atoms with Gasteiger partial charge in [0.05, 0.1) is 5.41 Å². The van der Waals surface area contributed by atoms with E-state index in [4.69, 9.17) is 0 Å². The van der Waals surface area contributed by atoms with Crippen LogP contribution in [0.25, 0.3) is 0 Å². The highest BCUT2D eigenvalue weighted by Gasteiger charge is 2.47. The van der Waals surface area contributed by atoms with E-state index in [0.29, 0.717) is 11.3 Å². The predicted molar refractivity (Wildman–Crippen MR) is 80.9 cm³/mol. The predicted octanol–water partition coefficient (Wildman–Crippen LogP) is 4.68. The second kappa shape index (κ2) is 5.94. The maximum absolute atomic E-state index is 12.4. The quantitative estimate of drug-likeness (QED) is 0.776. The summed E-state index contributed by atoms with van der Waals surface area (Å²) in [5.41, 5.74) is 0.121. The molecule has 1 aromatic carbocycles. The molecule has 3 rings (SSSR count). The fourth-order valence-electron chi connectivity index (χ4n) is 2.66. The number of carbonyl (C=O) groups excluding carboxylic acids is 1. The van der Waals surface area contributed by atoms with Crippen LogP contribution in [0.5, 0.6) is 0 Å². The molecule has 1 amide bonds. The van der Waals surface area contributed by atoms with Crippen molar-refractivity contribution in [2.24, 2.45) is 5.92 Å². The summed E-state index contributed by atoms with van der Waals surface area (Å²) in [5, 5.41) is 0. The summed E-state index contributed by atoms with van der Waals surface area (Å²) < 4.78 is 37.3. The number of fused-ring (bicyclic) bond motifs is 1. The molecule has 0 unspecified atom stereocenters. The van der Waals surface area contributed by atoms with Gasteiger partial charge in [-0.05, 0) is 31.4 Å². The molecule has 0 N–H and O–H groups in total. The van der Waals surface area contributed by atoms with Crippen LogP contribution in [-0.4, -0.2) is 18.6 Å². The maximum Gasteiger partial charge on any atom is 0.406 e. The zero-order chi connectivity index (χ0) is 16.5. The minimum absolute atomic E-state index is 0.361. The summed E-state index contributed by atoms with van der Waals surface area (Å²) in [4.78, 5) is 12.8. The monoisotopic (exact) mass is 313 g/mol. The van der Waals surface area contributed by atoms with Gasteiger partial charge in [0.2, 0.25) is 5.91 Å². The van der Waals surface area contributed by atoms with Crippen LogP contribution in [0, 0.1) is 5.92 Å². The smallest absolute Gasteiger partial charge is 0.302 e. The van der Waals surface area contributed by atoms with E-state index in [1.54, 1.807) is 38.1 Å². The standard InChI is InChI=1S/C12H12F3NO.C5H10/c1-11(2)8-5-3-4-6-9(8)16(10(11)17)7-12(13,14)15;1-2-5-3-4-5/h3-6H,7H2,1-2H3;5H,2-4H2,1H3. The Balaban J connectivity index is 0.000000299. The minimum atomic E-state index is -4.39. The molecule has 22 heavy (non-hydrogen) atoms. The molecule has 1 fully saturated rings. The first-order valence-corrected chi connectivity index (χ1v) is 7.65. The Kier molecular flexibility index (Phi) is 4.54. The molecule has 0 radical (unpaired) electrons. The fraction of sp³-hybridized carbons (Fsp3) is 0.588. The van der Waals surface area contributed by atoms with Gasteiger partial charge in [0, 0.05) is 5.69 Å². The average Bonchev–Trinajstić information content (AvgIpc) is 3.25. The number of anilines is 1. The zero-order valence-electron chi connectivity index (χ0n) is 13.2. The Bertz CT molecular complexity index is 547. The van der Waals surface area contributed by atoms with Crippen LogP contribution in [0.1, 0.15) is 45.6 Å². The number of hydrogen-bond donors (Lipinski definition) is 0. The first-order chi connectivity index (χ1) is 10.2. The van der Waals surface area contributed by atoms with Gasteiger partial charge in [0.1, 0.15) is 6.54 Å². The summed E-state index contributed by atoms with van der Waals surface area (Å²) in [6.07, 6.45) is 0.0518. The van der Waals surface area contributed by atoms with E-state index in [1.807, 2.05) is 0 Å². The third-order valence-corrected chi connectivity index (χ3v) is 4.26. The number of para-hydroxylation sites is 1. The molecule has 122 valence electrons. The Labute approximate surface area is 129 Å². The Hall–Kier alpha value is -1.52. The van der Waals surface area contributed by atoms with Gasteiger partial charge in [-0.1, -0.05) is 44.4 Å². The lowest BCUT2D eigenvalue weighted by molar-refractivity contribution is -0.134. The molecule has 0 spiro atoms. The first kappa shape index (κ1) is 16.8. The van der Waals surface area contributed by atoms with Gasteiger partial charge >= 0.3 is 6.18 Å². The minimum Gasteiger partial charge on any atom is -0.302 e. The van der Waals surface area contributed by atoms with Crippen LogP contribution in [-0.2, 0) is 10.2 Å². The largest absolute Gasteiger partial charge is 0.406 e. The topological polar surface area (TPSA) is 20.3 Å². The number of benzene rings is 1. The Morgan fingerprint density at radius 3 is 2.27 bits per heavy atom. The normalized spacial score (nSPS) is 19.5. The molecule has 1 aliphatic heterocycles. The van der Waals surface area contributed by atoms with Crippen molar-refractivity contribution in [3.05, 3.63) is 29.8 Å². The molecule has 1 aliphatic carbocycles. The zero-order valence-corrected chi connectivity index (χ0v) is 13.2. The van der Waals surface area contributed by atoms with Crippen LogP contribution < -0.4 is 4.90 Å². The number of amides is 1. The number of carbonyl (C=O) groups is 1.